The number of para-hydroxylation sites is 1. The zero-order valence-electron chi connectivity index (χ0n) is 14.5. The van der Waals surface area contributed by atoms with E-state index in [4.69, 9.17) is 9.15 Å². The van der Waals surface area contributed by atoms with Crippen LogP contribution in [0.25, 0.3) is 16.7 Å². The third-order valence-electron chi connectivity index (χ3n) is 3.62. The normalized spacial score (nSPS) is 12.7. The Balaban J connectivity index is 2.07. The van der Waals surface area contributed by atoms with E-state index in [2.05, 4.69) is 18.2 Å². The molecule has 0 N–H and O–H groups in total. The van der Waals surface area contributed by atoms with Gasteiger partial charge in [-0.3, -0.25) is 0 Å². The fourth-order valence-electron chi connectivity index (χ4n) is 2.18. The van der Waals surface area contributed by atoms with Crippen molar-refractivity contribution < 1.29 is 9.15 Å². The summed E-state index contributed by atoms with van der Waals surface area (Å²) in [5.74, 6) is 0. The van der Waals surface area contributed by atoms with Crippen molar-refractivity contribution in [1.82, 2.24) is 4.90 Å². The first-order valence-electron chi connectivity index (χ1n) is 7.85. The van der Waals surface area contributed by atoms with Gasteiger partial charge in [-0.25, -0.2) is 9.79 Å². The monoisotopic (exact) mass is 338 g/mol. The molecule has 1 aromatic heterocycles. The Morgan fingerprint density at radius 3 is 2.92 bits per heavy atom. The molecule has 0 bridgehead atoms. The van der Waals surface area contributed by atoms with Gasteiger partial charge < -0.3 is 14.1 Å². The molecule has 5 nitrogen and oxygen atoms in total. The van der Waals surface area contributed by atoms with Crippen molar-refractivity contribution in [2.24, 2.45) is 4.99 Å². The van der Waals surface area contributed by atoms with Crippen LogP contribution in [-0.4, -0.2) is 31.5 Å². The standard InChI is InChI=1S/C20H22N2O3/c1-5-17(24-4)10-8-12-22(3)14-21-15(2)18-13-16-9-6-7-11-19(16)25-20(18)23/h5-9,11-14,17H,1-2,10H2,3-4H3/b12-8+,21-14?. The second-order valence-corrected chi connectivity index (χ2v) is 5.47. The lowest BCUT2D eigenvalue weighted by Crippen LogP contribution is -2.10. The number of rotatable bonds is 8. The molecule has 1 aromatic carbocycles. The summed E-state index contributed by atoms with van der Waals surface area (Å²) in [7, 11) is 3.48. The fraction of sp³-hybridized carbons (Fsp3) is 0.200. The number of ether oxygens (including phenoxy) is 1. The Bertz CT molecular complexity index is 865. The molecule has 1 atom stereocenters. The van der Waals surface area contributed by atoms with E-state index in [1.165, 1.54) is 0 Å². The summed E-state index contributed by atoms with van der Waals surface area (Å²) in [6.45, 7) is 7.56. The van der Waals surface area contributed by atoms with Crippen molar-refractivity contribution in [2.75, 3.05) is 14.2 Å². The van der Waals surface area contributed by atoms with E-state index in [-0.39, 0.29) is 6.10 Å². The molecule has 5 heteroatoms. The predicted octanol–water partition coefficient (Wildman–Crippen LogP) is 3.83. The summed E-state index contributed by atoms with van der Waals surface area (Å²) < 4.78 is 10.5. The molecule has 130 valence electrons. The van der Waals surface area contributed by atoms with E-state index in [0.29, 0.717) is 23.3 Å². The maximum absolute atomic E-state index is 12.1. The minimum absolute atomic E-state index is 0.0150. The summed E-state index contributed by atoms with van der Waals surface area (Å²) in [5.41, 5.74) is 0.787. The summed E-state index contributed by atoms with van der Waals surface area (Å²) in [5, 5.41) is 0.830. The van der Waals surface area contributed by atoms with Gasteiger partial charge in [-0.05, 0) is 18.6 Å². The molecule has 1 heterocycles. The van der Waals surface area contributed by atoms with Gasteiger partial charge in [0.25, 0.3) is 0 Å². The highest BCUT2D eigenvalue weighted by atomic mass is 16.5. The third-order valence-corrected chi connectivity index (χ3v) is 3.62. The Labute approximate surface area is 147 Å². The van der Waals surface area contributed by atoms with Crippen LogP contribution in [0.4, 0.5) is 0 Å². The minimum Gasteiger partial charge on any atom is -0.422 e. The quantitative estimate of drug-likeness (QED) is 0.318. The van der Waals surface area contributed by atoms with Crippen molar-refractivity contribution in [2.45, 2.75) is 12.5 Å². The molecule has 1 unspecified atom stereocenters. The average Bonchev–Trinajstić information content (AvgIpc) is 2.62. The number of benzene rings is 1. The summed E-state index contributed by atoms with van der Waals surface area (Å²) in [6.07, 6.45) is 7.85. The van der Waals surface area contributed by atoms with Gasteiger partial charge in [0.15, 0.2) is 0 Å². The van der Waals surface area contributed by atoms with Crippen LogP contribution in [0.3, 0.4) is 0 Å². The molecule has 25 heavy (non-hydrogen) atoms. The van der Waals surface area contributed by atoms with Crippen LogP contribution in [0.5, 0.6) is 0 Å². The maximum atomic E-state index is 12.1. The molecule has 0 aliphatic heterocycles. The number of hydrogen-bond donors (Lipinski definition) is 0. The SMILES string of the molecule is C=CC(C/C=C/N(C)C=NC(=C)c1cc2ccccc2oc1=O)OC. The minimum atomic E-state index is -0.451. The molecule has 0 aliphatic carbocycles. The Hall–Kier alpha value is -2.92. The Morgan fingerprint density at radius 1 is 1.44 bits per heavy atom. The highest BCUT2D eigenvalue weighted by molar-refractivity contribution is 5.81. The molecule has 2 aromatic rings. The number of hydrogen-bond acceptors (Lipinski definition) is 4. The van der Waals surface area contributed by atoms with Crippen molar-refractivity contribution in [3.8, 4) is 0 Å². The molecule has 0 fully saturated rings. The first-order chi connectivity index (χ1) is 12.0. The maximum Gasteiger partial charge on any atom is 0.345 e. The largest absolute Gasteiger partial charge is 0.422 e. The highest BCUT2D eigenvalue weighted by Gasteiger charge is 2.07. The van der Waals surface area contributed by atoms with Gasteiger partial charge in [-0.15, -0.1) is 6.58 Å². The average molecular weight is 338 g/mol. The molecule has 0 saturated carbocycles. The number of nitrogens with zero attached hydrogens (tertiary/aromatic N) is 2. The van der Waals surface area contributed by atoms with E-state index in [1.807, 2.05) is 37.5 Å². The van der Waals surface area contributed by atoms with Crippen LogP contribution in [0.1, 0.15) is 12.0 Å². The van der Waals surface area contributed by atoms with Gasteiger partial charge >= 0.3 is 5.63 Å². The van der Waals surface area contributed by atoms with Gasteiger partial charge in [0.1, 0.15) is 5.58 Å². The topological polar surface area (TPSA) is 55.0 Å². The van der Waals surface area contributed by atoms with Crippen LogP contribution < -0.4 is 5.63 Å². The molecule has 2 rings (SSSR count). The van der Waals surface area contributed by atoms with Crippen LogP contribution in [0.2, 0.25) is 0 Å². The van der Waals surface area contributed by atoms with Gasteiger partial charge in [-0.2, -0.15) is 0 Å². The van der Waals surface area contributed by atoms with E-state index in [0.717, 1.165) is 5.39 Å². The van der Waals surface area contributed by atoms with E-state index < -0.39 is 5.63 Å². The lowest BCUT2D eigenvalue weighted by Gasteiger charge is -2.09. The molecular weight excluding hydrogens is 316 g/mol. The predicted molar refractivity (Wildman–Crippen MR) is 103 cm³/mol. The summed E-state index contributed by atoms with van der Waals surface area (Å²) >= 11 is 0. The molecule has 0 saturated heterocycles. The van der Waals surface area contributed by atoms with Gasteiger partial charge in [0.05, 0.1) is 23.7 Å². The Kier molecular flexibility index (Phi) is 6.48. The molecular formula is C20H22N2O3. The first-order valence-corrected chi connectivity index (χ1v) is 7.85. The first kappa shape index (κ1) is 18.4. The smallest absolute Gasteiger partial charge is 0.345 e. The third kappa shape index (κ3) is 5.02. The van der Waals surface area contributed by atoms with Crippen molar-refractivity contribution in [1.29, 1.82) is 0 Å². The zero-order valence-corrected chi connectivity index (χ0v) is 14.5. The lowest BCUT2D eigenvalue weighted by atomic mass is 10.1. The number of aliphatic imine (C=N–C) groups is 1. The van der Waals surface area contributed by atoms with Gasteiger partial charge in [0.2, 0.25) is 0 Å². The highest BCUT2D eigenvalue weighted by Crippen LogP contribution is 2.17. The van der Waals surface area contributed by atoms with Crippen LogP contribution >= 0.6 is 0 Å². The van der Waals surface area contributed by atoms with Crippen LogP contribution in [-0.2, 0) is 4.74 Å². The summed E-state index contributed by atoms with van der Waals surface area (Å²) in [6, 6.07) is 9.07. The van der Waals surface area contributed by atoms with E-state index >= 15 is 0 Å². The van der Waals surface area contributed by atoms with Gasteiger partial charge in [-0.1, -0.05) is 36.9 Å². The summed E-state index contributed by atoms with van der Waals surface area (Å²) in [4.78, 5) is 18.1. The Morgan fingerprint density at radius 2 is 2.20 bits per heavy atom. The lowest BCUT2D eigenvalue weighted by molar-refractivity contribution is 0.143. The van der Waals surface area contributed by atoms with Crippen molar-refractivity contribution in [3.05, 3.63) is 77.8 Å². The van der Waals surface area contributed by atoms with E-state index in [1.54, 1.807) is 36.6 Å². The zero-order chi connectivity index (χ0) is 18.2. The fourth-order valence-corrected chi connectivity index (χ4v) is 2.18. The second kappa shape index (κ2) is 8.80. The van der Waals surface area contributed by atoms with E-state index in [9.17, 15) is 4.79 Å². The van der Waals surface area contributed by atoms with Crippen LogP contribution in [0.15, 0.2) is 76.0 Å². The van der Waals surface area contributed by atoms with Gasteiger partial charge in [0, 0.05) is 25.7 Å². The molecule has 0 radical (unpaired) electrons. The number of fused-ring (bicyclic) bond motifs is 1. The second-order valence-electron chi connectivity index (χ2n) is 5.47. The molecule has 0 amide bonds. The molecule has 0 spiro atoms. The van der Waals surface area contributed by atoms with Crippen LogP contribution in [0, 0.1) is 0 Å². The number of methoxy groups -OCH3 is 1. The molecule has 0 aliphatic rings. The van der Waals surface area contributed by atoms with Crippen molar-refractivity contribution in [3.63, 3.8) is 0 Å². The van der Waals surface area contributed by atoms with Crippen molar-refractivity contribution >= 4 is 23.0 Å².